The van der Waals surface area contributed by atoms with Gasteiger partial charge in [0.25, 0.3) is 0 Å². The van der Waals surface area contributed by atoms with Crippen LogP contribution in [0.4, 0.5) is 5.82 Å². The van der Waals surface area contributed by atoms with Crippen molar-refractivity contribution in [2.75, 3.05) is 12.3 Å². The van der Waals surface area contributed by atoms with Gasteiger partial charge in [-0.25, -0.2) is 4.98 Å². The van der Waals surface area contributed by atoms with Crippen LogP contribution in [0.25, 0.3) is 33.0 Å². The summed E-state index contributed by atoms with van der Waals surface area (Å²) >= 11 is 0. The second-order valence-corrected chi connectivity index (χ2v) is 6.79. The third kappa shape index (κ3) is 3.39. The van der Waals surface area contributed by atoms with Crippen molar-refractivity contribution < 1.29 is 4.74 Å². The molecule has 4 heteroatoms. The van der Waals surface area contributed by atoms with Crippen LogP contribution in [0.2, 0.25) is 0 Å². The normalized spacial score (nSPS) is 10.6. The smallest absolute Gasteiger partial charge is 0.141 e. The van der Waals surface area contributed by atoms with Crippen LogP contribution in [0, 0.1) is 11.3 Å². The van der Waals surface area contributed by atoms with Gasteiger partial charge < -0.3 is 10.5 Å². The molecule has 0 aliphatic heterocycles. The number of nitriles is 1. The van der Waals surface area contributed by atoms with Gasteiger partial charge in [0.1, 0.15) is 23.2 Å². The average Bonchev–Trinajstić information content (AvgIpc) is 2.77. The molecule has 4 aromatic rings. The minimum Gasteiger partial charge on any atom is -0.493 e. The summed E-state index contributed by atoms with van der Waals surface area (Å²) < 4.78 is 6.11. The molecule has 0 unspecified atom stereocenters. The van der Waals surface area contributed by atoms with Crippen molar-refractivity contribution in [3.63, 3.8) is 0 Å². The average molecular weight is 379 g/mol. The van der Waals surface area contributed by atoms with Crippen LogP contribution in [-0.2, 0) is 0 Å². The van der Waals surface area contributed by atoms with Gasteiger partial charge >= 0.3 is 0 Å². The molecule has 0 atom stereocenters. The molecule has 0 bridgehead atoms. The Balaban J connectivity index is 2.13. The molecule has 0 aliphatic carbocycles. The highest BCUT2D eigenvalue weighted by Gasteiger charge is 2.22. The molecule has 0 radical (unpaired) electrons. The largest absolute Gasteiger partial charge is 0.493 e. The zero-order chi connectivity index (χ0) is 20.2. The van der Waals surface area contributed by atoms with E-state index in [4.69, 9.17) is 10.5 Å². The molecule has 0 aliphatic rings. The van der Waals surface area contributed by atoms with Gasteiger partial charge in [0.05, 0.1) is 6.61 Å². The molecule has 4 nitrogen and oxygen atoms in total. The molecule has 4 rings (SSSR count). The molecule has 0 saturated heterocycles. The Morgan fingerprint density at radius 1 is 0.966 bits per heavy atom. The van der Waals surface area contributed by atoms with Gasteiger partial charge in [-0.3, -0.25) is 0 Å². The number of pyridine rings is 1. The van der Waals surface area contributed by atoms with E-state index in [0.29, 0.717) is 12.2 Å². The number of nitrogens with two attached hydrogens (primary N) is 1. The van der Waals surface area contributed by atoms with E-state index < -0.39 is 0 Å². The zero-order valence-electron chi connectivity index (χ0n) is 16.2. The lowest BCUT2D eigenvalue weighted by Crippen LogP contribution is -2.03. The molecule has 29 heavy (non-hydrogen) atoms. The second-order valence-electron chi connectivity index (χ2n) is 6.79. The lowest BCUT2D eigenvalue weighted by atomic mass is 9.89. The van der Waals surface area contributed by atoms with Crippen molar-refractivity contribution in [1.82, 2.24) is 4.98 Å². The molecular formula is C25H21N3O. The predicted octanol–water partition coefficient (Wildman–Crippen LogP) is 5.81. The van der Waals surface area contributed by atoms with Crippen LogP contribution in [-0.4, -0.2) is 11.6 Å². The van der Waals surface area contributed by atoms with Crippen molar-refractivity contribution >= 4 is 16.6 Å². The number of ether oxygens (including phenoxy) is 1. The lowest BCUT2D eigenvalue weighted by Gasteiger charge is -2.19. The maximum Gasteiger partial charge on any atom is 0.141 e. The summed E-state index contributed by atoms with van der Waals surface area (Å²) in [7, 11) is 0. The second kappa shape index (κ2) is 8.04. The topological polar surface area (TPSA) is 71.9 Å². The Labute approximate surface area is 170 Å². The first-order valence-electron chi connectivity index (χ1n) is 9.63. The van der Waals surface area contributed by atoms with E-state index >= 15 is 0 Å². The number of anilines is 1. The number of hydrogen-bond acceptors (Lipinski definition) is 4. The molecule has 142 valence electrons. The Morgan fingerprint density at radius 2 is 1.72 bits per heavy atom. The molecule has 3 aromatic carbocycles. The Hall–Kier alpha value is -3.84. The zero-order valence-corrected chi connectivity index (χ0v) is 16.2. The summed E-state index contributed by atoms with van der Waals surface area (Å²) in [5, 5.41) is 12.0. The number of nitrogen functional groups attached to an aromatic ring is 1. The fourth-order valence-electron chi connectivity index (χ4n) is 3.58. The molecule has 2 N–H and O–H groups in total. The number of aromatic nitrogens is 1. The molecule has 0 saturated carbocycles. The molecule has 0 amide bonds. The summed E-state index contributed by atoms with van der Waals surface area (Å²) in [6.07, 6.45) is 2.63. The van der Waals surface area contributed by atoms with E-state index in [1.807, 2.05) is 54.6 Å². The summed E-state index contributed by atoms with van der Waals surface area (Å²) in [5.74, 6) is 0.960. The van der Waals surface area contributed by atoms with Crippen molar-refractivity contribution in [3.05, 3.63) is 78.5 Å². The first-order chi connectivity index (χ1) is 14.2. The summed E-state index contributed by atoms with van der Waals surface area (Å²) in [6, 6.07) is 24.3. The van der Waals surface area contributed by atoms with Gasteiger partial charge in [-0.05, 0) is 28.8 Å². The number of fused-ring (bicyclic) bond motifs is 1. The van der Waals surface area contributed by atoms with Gasteiger partial charge in [-0.15, -0.1) is 0 Å². The summed E-state index contributed by atoms with van der Waals surface area (Å²) in [5.41, 5.74) is 9.96. The first kappa shape index (κ1) is 18.5. The van der Waals surface area contributed by atoms with Crippen molar-refractivity contribution in [2.24, 2.45) is 0 Å². The van der Waals surface area contributed by atoms with Crippen molar-refractivity contribution in [1.29, 1.82) is 5.26 Å². The maximum atomic E-state index is 9.96. The van der Waals surface area contributed by atoms with Crippen molar-refractivity contribution in [3.8, 4) is 34.1 Å². The van der Waals surface area contributed by atoms with Crippen LogP contribution in [0.15, 0.2) is 72.9 Å². The number of nitrogens with zero attached hydrogens (tertiary/aromatic N) is 2. The minimum absolute atomic E-state index is 0.219. The first-order valence-corrected chi connectivity index (χ1v) is 9.63. The summed E-state index contributed by atoms with van der Waals surface area (Å²) in [4.78, 5) is 4.30. The Kier molecular flexibility index (Phi) is 5.13. The highest BCUT2D eigenvalue weighted by molar-refractivity contribution is 6.05. The van der Waals surface area contributed by atoms with E-state index in [1.165, 1.54) is 0 Å². The fourth-order valence-corrected chi connectivity index (χ4v) is 3.58. The fraction of sp³-hybridized carbons (Fsp3) is 0.120. The number of benzene rings is 3. The standard InChI is InChI=1S/C25H21N3O/c1-2-14-29-22-13-12-18-10-6-7-11-19(18)24(22)23-20(15-26)25(27)28-16-21(23)17-8-4-3-5-9-17/h3-13,16H,2,14H2,1H3,(H2,27,28). The van der Waals surface area contributed by atoms with Gasteiger partial charge in [0.2, 0.25) is 0 Å². The van der Waals surface area contributed by atoms with Gasteiger partial charge in [0, 0.05) is 22.9 Å². The third-order valence-corrected chi connectivity index (χ3v) is 4.91. The van der Waals surface area contributed by atoms with Crippen LogP contribution in [0.5, 0.6) is 5.75 Å². The molecule has 1 heterocycles. The predicted molar refractivity (Wildman–Crippen MR) is 118 cm³/mol. The van der Waals surface area contributed by atoms with Crippen LogP contribution in [0.1, 0.15) is 18.9 Å². The monoisotopic (exact) mass is 379 g/mol. The SMILES string of the molecule is CCCOc1ccc2ccccc2c1-c1c(-c2ccccc2)cnc(N)c1C#N. The van der Waals surface area contributed by atoms with E-state index in [-0.39, 0.29) is 5.82 Å². The van der Waals surface area contributed by atoms with E-state index in [2.05, 4.69) is 30.1 Å². The van der Waals surface area contributed by atoms with Gasteiger partial charge in [0.15, 0.2) is 0 Å². The van der Waals surface area contributed by atoms with E-state index in [0.717, 1.165) is 45.2 Å². The number of hydrogen-bond donors (Lipinski definition) is 1. The Morgan fingerprint density at radius 3 is 2.48 bits per heavy atom. The van der Waals surface area contributed by atoms with E-state index in [1.54, 1.807) is 6.20 Å². The Bertz CT molecular complexity index is 1210. The molecular weight excluding hydrogens is 358 g/mol. The molecule has 0 spiro atoms. The van der Waals surface area contributed by atoms with Crippen LogP contribution in [0.3, 0.4) is 0 Å². The minimum atomic E-state index is 0.219. The third-order valence-electron chi connectivity index (χ3n) is 4.91. The van der Waals surface area contributed by atoms with Crippen LogP contribution >= 0.6 is 0 Å². The van der Waals surface area contributed by atoms with Gasteiger partial charge in [-0.2, -0.15) is 5.26 Å². The maximum absolute atomic E-state index is 9.96. The number of rotatable bonds is 5. The molecule has 1 aromatic heterocycles. The summed E-state index contributed by atoms with van der Waals surface area (Å²) in [6.45, 7) is 2.66. The highest BCUT2D eigenvalue weighted by atomic mass is 16.5. The quantitative estimate of drug-likeness (QED) is 0.475. The van der Waals surface area contributed by atoms with E-state index in [9.17, 15) is 5.26 Å². The van der Waals surface area contributed by atoms with Gasteiger partial charge in [-0.1, -0.05) is 67.6 Å². The molecule has 0 fully saturated rings. The lowest BCUT2D eigenvalue weighted by molar-refractivity contribution is 0.319. The van der Waals surface area contributed by atoms with Crippen molar-refractivity contribution in [2.45, 2.75) is 13.3 Å². The van der Waals surface area contributed by atoms with Crippen LogP contribution < -0.4 is 10.5 Å². The highest BCUT2D eigenvalue weighted by Crippen LogP contribution is 2.44.